The van der Waals surface area contributed by atoms with E-state index in [0.717, 1.165) is 40.0 Å². The van der Waals surface area contributed by atoms with Crippen LogP contribution in [-0.4, -0.2) is 37.9 Å². The standard InChI is InChI=1S/C19H21BrN4O2.C18H19BrIN3O/c1-9(19(2,3)4)23-17-11-6-5-10(20)7-12(11)14-15(24-17)13(16(21)25)8-22-18(14)26;1-9(18(2,3)4)22-16-11-6-5-10(19)7-12(11)14-15(23-16)13(20)8-21-17(14)24/h5-9H,1-4H3,(H2,21,25)(H,22,26)(H,23,24);5-9H,1-4H3,(H,21,24)(H,22,23). The van der Waals surface area contributed by atoms with Gasteiger partial charge in [-0.15, -0.1) is 0 Å². The zero-order valence-electron chi connectivity index (χ0n) is 29.1. The van der Waals surface area contributed by atoms with Crippen molar-refractivity contribution in [1.29, 1.82) is 0 Å². The highest BCUT2D eigenvalue weighted by atomic mass is 127. The van der Waals surface area contributed by atoms with Gasteiger partial charge in [-0.3, -0.25) is 14.4 Å². The Hall–Kier alpha value is -3.56. The Balaban J connectivity index is 0.000000195. The van der Waals surface area contributed by atoms with Crippen molar-refractivity contribution in [2.75, 3.05) is 10.6 Å². The molecule has 0 bridgehead atoms. The van der Waals surface area contributed by atoms with Crippen molar-refractivity contribution >= 4 is 115 Å². The summed E-state index contributed by atoms with van der Waals surface area (Å²) in [5.74, 6) is 0.800. The van der Waals surface area contributed by atoms with Gasteiger partial charge in [-0.1, -0.05) is 73.4 Å². The maximum atomic E-state index is 12.5. The van der Waals surface area contributed by atoms with Crippen molar-refractivity contribution in [2.24, 2.45) is 16.6 Å². The lowest BCUT2D eigenvalue weighted by Crippen LogP contribution is -2.31. The number of aromatic amines is 2. The minimum atomic E-state index is -0.636. The van der Waals surface area contributed by atoms with Crippen LogP contribution in [0.1, 0.15) is 65.7 Å². The molecule has 4 aromatic heterocycles. The minimum Gasteiger partial charge on any atom is -0.367 e. The Morgan fingerprint density at radius 3 is 1.60 bits per heavy atom. The van der Waals surface area contributed by atoms with E-state index in [0.29, 0.717) is 27.5 Å². The number of fused-ring (bicyclic) bond motifs is 6. The van der Waals surface area contributed by atoms with Crippen LogP contribution >= 0.6 is 54.5 Å². The molecule has 1 amide bonds. The summed E-state index contributed by atoms with van der Waals surface area (Å²) in [6, 6.07) is 12.0. The van der Waals surface area contributed by atoms with E-state index < -0.39 is 5.91 Å². The molecular weight excluding hydrogens is 877 g/mol. The molecule has 0 saturated carbocycles. The first kappa shape index (κ1) is 37.7. The summed E-state index contributed by atoms with van der Waals surface area (Å²) in [5.41, 5.74) is 6.39. The Morgan fingerprint density at radius 1 is 0.740 bits per heavy atom. The molecule has 0 fully saturated rings. The third-order valence-electron chi connectivity index (χ3n) is 9.12. The second-order valence-electron chi connectivity index (χ2n) is 14.6. The van der Waals surface area contributed by atoms with Crippen LogP contribution in [0, 0.1) is 14.4 Å². The topological polar surface area (TPSA) is 159 Å². The second-order valence-corrected chi connectivity index (χ2v) is 17.6. The number of benzene rings is 2. The molecule has 13 heteroatoms. The number of nitrogens with zero attached hydrogens (tertiary/aromatic N) is 2. The number of aromatic nitrogens is 4. The van der Waals surface area contributed by atoms with Gasteiger partial charge in [0.2, 0.25) is 0 Å². The number of hydrogen-bond acceptors (Lipinski definition) is 7. The molecule has 0 aliphatic heterocycles. The summed E-state index contributed by atoms with van der Waals surface area (Å²) in [6.45, 7) is 17.2. The fraction of sp³-hybridized carbons (Fsp3) is 0.324. The van der Waals surface area contributed by atoms with E-state index in [2.05, 4.69) is 135 Å². The summed E-state index contributed by atoms with van der Waals surface area (Å²) in [5, 5.41) is 11.3. The Labute approximate surface area is 320 Å². The molecule has 0 aliphatic rings. The van der Waals surface area contributed by atoms with E-state index in [1.165, 1.54) is 6.20 Å². The molecule has 262 valence electrons. The molecule has 0 spiro atoms. The molecule has 2 atom stereocenters. The van der Waals surface area contributed by atoms with Crippen LogP contribution in [-0.2, 0) is 0 Å². The van der Waals surface area contributed by atoms with E-state index in [-0.39, 0.29) is 39.6 Å². The molecular formula is C37H40Br2IN7O3. The first-order valence-corrected chi connectivity index (χ1v) is 18.7. The number of carbonyl (C=O) groups excluding carboxylic acids is 1. The number of anilines is 2. The molecule has 6 N–H and O–H groups in total. The van der Waals surface area contributed by atoms with Gasteiger partial charge in [0.1, 0.15) is 11.6 Å². The third kappa shape index (κ3) is 7.69. The molecule has 0 saturated heterocycles. The van der Waals surface area contributed by atoms with Gasteiger partial charge in [-0.2, -0.15) is 0 Å². The number of rotatable bonds is 5. The largest absolute Gasteiger partial charge is 0.367 e. The highest BCUT2D eigenvalue weighted by molar-refractivity contribution is 14.1. The maximum Gasteiger partial charge on any atom is 0.258 e. The first-order chi connectivity index (χ1) is 23.3. The summed E-state index contributed by atoms with van der Waals surface area (Å²) in [7, 11) is 0. The quantitative estimate of drug-likeness (QED) is 0.0853. The van der Waals surface area contributed by atoms with Crippen LogP contribution in [0.2, 0.25) is 0 Å². The fourth-order valence-corrected chi connectivity index (χ4v) is 6.46. The molecule has 2 aromatic carbocycles. The second kappa shape index (κ2) is 14.2. The Kier molecular flexibility index (Phi) is 10.7. The van der Waals surface area contributed by atoms with E-state index >= 15 is 0 Å². The van der Waals surface area contributed by atoms with Gasteiger partial charge >= 0.3 is 0 Å². The lowest BCUT2D eigenvalue weighted by molar-refractivity contribution is 0.100. The Bertz CT molecular complexity index is 2410. The number of halogens is 3. The van der Waals surface area contributed by atoms with Crippen LogP contribution in [0.4, 0.5) is 11.6 Å². The van der Waals surface area contributed by atoms with Crippen molar-refractivity contribution < 1.29 is 4.79 Å². The zero-order chi connectivity index (χ0) is 36.9. The number of H-pyrrole nitrogens is 2. The number of amides is 1. The number of primary amides is 1. The smallest absolute Gasteiger partial charge is 0.258 e. The van der Waals surface area contributed by atoms with Crippen molar-refractivity contribution in [3.05, 3.63) is 87.6 Å². The molecule has 6 rings (SSSR count). The average Bonchev–Trinajstić information content (AvgIpc) is 3.01. The summed E-state index contributed by atoms with van der Waals surface area (Å²) in [4.78, 5) is 51.6. The van der Waals surface area contributed by atoms with Gasteiger partial charge in [0, 0.05) is 55.0 Å². The van der Waals surface area contributed by atoms with Gasteiger partial charge < -0.3 is 26.3 Å². The van der Waals surface area contributed by atoms with Crippen LogP contribution < -0.4 is 27.5 Å². The van der Waals surface area contributed by atoms with E-state index in [4.69, 9.17) is 10.7 Å². The number of nitrogens with two attached hydrogens (primary N) is 1. The lowest BCUT2D eigenvalue weighted by atomic mass is 9.88. The number of pyridine rings is 4. The normalized spacial score (nSPS) is 13.3. The fourth-order valence-electron chi connectivity index (χ4n) is 5.20. The highest BCUT2D eigenvalue weighted by Crippen LogP contribution is 2.35. The van der Waals surface area contributed by atoms with Gasteiger partial charge in [0.05, 0.1) is 30.9 Å². The molecule has 10 nitrogen and oxygen atoms in total. The Morgan fingerprint density at radius 2 is 1.16 bits per heavy atom. The van der Waals surface area contributed by atoms with E-state index in [1.54, 1.807) is 6.20 Å². The van der Waals surface area contributed by atoms with Gasteiger partial charge in [0.15, 0.2) is 0 Å². The number of hydrogen-bond donors (Lipinski definition) is 5. The van der Waals surface area contributed by atoms with Crippen LogP contribution in [0.3, 0.4) is 0 Å². The van der Waals surface area contributed by atoms with Gasteiger partial charge in [-0.05, 0) is 83.7 Å². The predicted octanol–water partition coefficient (Wildman–Crippen LogP) is 9.07. The van der Waals surface area contributed by atoms with Crippen LogP contribution in [0.5, 0.6) is 0 Å². The summed E-state index contributed by atoms with van der Waals surface area (Å²) < 4.78 is 2.70. The maximum absolute atomic E-state index is 12.5. The number of nitrogens with one attached hydrogen (secondary N) is 4. The zero-order valence-corrected chi connectivity index (χ0v) is 34.4. The highest BCUT2D eigenvalue weighted by Gasteiger charge is 2.24. The molecule has 4 heterocycles. The van der Waals surface area contributed by atoms with Crippen LogP contribution in [0.25, 0.3) is 43.4 Å². The van der Waals surface area contributed by atoms with Crippen molar-refractivity contribution in [2.45, 2.75) is 67.5 Å². The molecule has 50 heavy (non-hydrogen) atoms. The SMILES string of the molecule is CC(Nc1nc2c(C(N)=O)c[nH]c(=O)c2c2cc(Br)ccc12)C(C)(C)C.CC(Nc1nc2c(I)c[nH]c(=O)c2c2cc(Br)ccc12)C(C)(C)C. The van der Waals surface area contributed by atoms with Crippen molar-refractivity contribution in [3.8, 4) is 0 Å². The third-order valence-corrected chi connectivity index (χ3v) is 10.9. The molecule has 0 radical (unpaired) electrons. The van der Waals surface area contributed by atoms with Gasteiger partial charge in [0.25, 0.3) is 17.0 Å². The lowest BCUT2D eigenvalue weighted by Gasteiger charge is -2.29. The number of carbonyl (C=O) groups is 1. The van der Waals surface area contributed by atoms with E-state index in [1.807, 2.05) is 36.4 Å². The van der Waals surface area contributed by atoms with Crippen molar-refractivity contribution in [3.63, 3.8) is 0 Å². The van der Waals surface area contributed by atoms with E-state index in [9.17, 15) is 14.4 Å². The first-order valence-electron chi connectivity index (χ1n) is 16.1. The van der Waals surface area contributed by atoms with Crippen LogP contribution in [0.15, 0.2) is 67.3 Å². The summed E-state index contributed by atoms with van der Waals surface area (Å²) in [6.07, 6.45) is 3.03. The minimum absolute atomic E-state index is 0.000991. The monoisotopic (exact) mass is 915 g/mol. The van der Waals surface area contributed by atoms with Gasteiger partial charge in [-0.25, -0.2) is 9.97 Å². The molecule has 2 unspecified atom stereocenters. The molecule has 0 aliphatic carbocycles. The summed E-state index contributed by atoms with van der Waals surface area (Å²) >= 11 is 9.18. The molecule has 6 aromatic rings. The average molecular weight is 917 g/mol. The van der Waals surface area contributed by atoms with Crippen molar-refractivity contribution in [1.82, 2.24) is 19.9 Å². The predicted molar refractivity (Wildman–Crippen MR) is 221 cm³/mol.